The van der Waals surface area contributed by atoms with Crippen molar-refractivity contribution in [3.05, 3.63) is 77.0 Å². The van der Waals surface area contributed by atoms with E-state index in [9.17, 15) is 13.6 Å². The molecular formula is C24H26F2N2O4. The number of aromatic nitrogens is 1. The van der Waals surface area contributed by atoms with E-state index >= 15 is 0 Å². The number of nitrogens with zero attached hydrogens (tertiary/aromatic N) is 1. The fourth-order valence-corrected chi connectivity index (χ4v) is 4.06. The predicted molar refractivity (Wildman–Crippen MR) is 118 cm³/mol. The third-order valence-electron chi connectivity index (χ3n) is 5.54. The lowest BCUT2D eigenvalue weighted by Gasteiger charge is -2.34. The Morgan fingerprint density at radius 1 is 1.25 bits per heavy atom. The van der Waals surface area contributed by atoms with Crippen LogP contribution in [0.4, 0.5) is 8.78 Å². The molecule has 170 valence electrons. The molecule has 2 aromatic carbocycles. The molecule has 0 spiro atoms. The van der Waals surface area contributed by atoms with Crippen LogP contribution in [-0.4, -0.2) is 46.3 Å². The zero-order chi connectivity index (χ0) is 23.3. The number of aromatic amines is 1. The van der Waals surface area contributed by atoms with Crippen LogP contribution in [-0.2, 0) is 6.54 Å². The van der Waals surface area contributed by atoms with E-state index < -0.39 is 12.6 Å². The summed E-state index contributed by atoms with van der Waals surface area (Å²) < 4.78 is 25.5. The minimum atomic E-state index is -3.17. The van der Waals surface area contributed by atoms with Gasteiger partial charge in [-0.15, -0.1) is 0 Å². The highest BCUT2D eigenvalue weighted by molar-refractivity contribution is 5.88. The SMILES string of the molecule is COc1cc(C)c2[nH]ccc2c1CN1CC=CCC1c1ccc(C(=O)O)cc1.OC(F)F. The van der Waals surface area contributed by atoms with Gasteiger partial charge in [-0.25, -0.2) is 4.79 Å². The molecule has 32 heavy (non-hydrogen) atoms. The molecule has 3 aromatic rings. The van der Waals surface area contributed by atoms with Gasteiger partial charge < -0.3 is 19.9 Å². The third kappa shape index (κ3) is 5.33. The Bertz CT molecular complexity index is 1090. The van der Waals surface area contributed by atoms with Crippen molar-refractivity contribution >= 4 is 16.9 Å². The third-order valence-corrected chi connectivity index (χ3v) is 5.54. The van der Waals surface area contributed by atoms with Gasteiger partial charge in [0.05, 0.1) is 12.7 Å². The van der Waals surface area contributed by atoms with Crippen LogP contribution >= 0.6 is 0 Å². The average Bonchev–Trinajstić information content (AvgIpc) is 3.26. The maximum atomic E-state index is 11.2. The number of H-pyrrole nitrogens is 1. The number of alkyl halides is 2. The number of methoxy groups -OCH3 is 1. The Morgan fingerprint density at radius 2 is 1.94 bits per heavy atom. The van der Waals surface area contributed by atoms with E-state index in [0.717, 1.165) is 36.3 Å². The van der Waals surface area contributed by atoms with Crippen molar-refractivity contribution in [2.24, 2.45) is 0 Å². The Labute approximate surface area is 184 Å². The Balaban J connectivity index is 0.000000668. The first kappa shape index (κ1) is 23.4. The van der Waals surface area contributed by atoms with E-state index in [2.05, 4.69) is 41.1 Å². The zero-order valence-corrected chi connectivity index (χ0v) is 17.9. The number of carbonyl (C=O) groups is 1. The number of carboxylic acid groups (broad SMARTS) is 1. The molecule has 2 heterocycles. The molecule has 1 aliphatic rings. The summed E-state index contributed by atoms with van der Waals surface area (Å²) in [6.45, 7) is 0.517. The first-order valence-corrected chi connectivity index (χ1v) is 10.1. The lowest BCUT2D eigenvalue weighted by atomic mass is 9.96. The van der Waals surface area contributed by atoms with Crippen molar-refractivity contribution in [1.82, 2.24) is 9.88 Å². The second kappa shape index (κ2) is 10.4. The molecule has 8 heteroatoms. The normalized spacial score (nSPS) is 16.1. The van der Waals surface area contributed by atoms with Gasteiger partial charge in [-0.1, -0.05) is 24.3 Å². The van der Waals surface area contributed by atoms with Crippen LogP contribution in [0.5, 0.6) is 5.75 Å². The summed E-state index contributed by atoms with van der Waals surface area (Å²) in [6, 6.07) is 11.6. The Hall–Kier alpha value is -3.23. The first-order chi connectivity index (χ1) is 15.3. The van der Waals surface area contributed by atoms with Crippen LogP contribution in [0.2, 0.25) is 0 Å². The summed E-state index contributed by atoms with van der Waals surface area (Å²) in [4.78, 5) is 16.9. The largest absolute Gasteiger partial charge is 0.496 e. The Kier molecular flexibility index (Phi) is 7.61. The molecule has 4 rings (SSSR count). The molecule has 6 nitrogen and oxygen atoms in total. The van der Waals surface area contributed by atoms with Gasteiger partial charge in [0, 0.05) is 41.8 Å². The molecule has 0 aliphatic carbocycles. The molecule has 0 radical (unpaired) electrons. The first-order valence-electron chi connectivity index (χ1n) is 10.1. The van der Waals surface area contributed by atoms with Crippen LogP contribution < -0.4 is 4.74 Å². The van der Waals surface area contributed by atoms with Gasteiger partial charge >= 0.3 is 12.6 Å². The molecule has 1 atom stereocenters. The molecule has 1 aliphatic heterocycles. The highest BCUT2D eigenvalue weighted by atomic mass is 19.3. The summed E-state index contributed by atoms with van der Waals surface area (Å²) in [5.74, 6) is 0.00492. The highest BCUT2D eigenvalue weighted by Gasteiger charge is 2.24. The maximum Gasteiger partial charge on any atom is 0.342 e. The van der Waals surface area contributed by atoms with E-state index in [1.807, 2.05) is 18.3 Å². The van der Waals surface area contributed by atoms with Crippen LogP contribution in [0.25, 0.3) is 10.9 Å². The number of ether oxygens (including phenoxy) is 1. The minimum absolute atomic E-state index is 0.202. The van der Waals surface area contributed by atoms with Crippen LogP contribution in [0.1, 0.15) is 39.5 Å². The van der Waals surface area contributed by atoms with E-state index in [-0.39, 0.29) is 6.04 Å². The standard InChI is InChI=1S/C23H24N2O3.CH2F2O/c1-15-13-21(28-2)19(18-10-11-24-22(15)18)14-25-12-4-3-5-20(25)16-6-8-17(9-7-16)23(26)27;2-1(3)4/h3-4,6-11,13,20,24H,5,12,14H2,1-2H3,(H,26,27);1,4H. The molecule has 1 aromatic heterocycles. The number of hydrogen-bond donors (Lipinski definition) is 3. The molecule has 3 N–H and O–H groups in total. The van der Waals surface area contributed by atoms with Crippen molar-refractivity contribution in [2.45, 2.75) is 32.5 Å². The number of aliphatic hydroxyl groups is 1. The molecule has 0 bridgehead atoms. The van der Waals surface area contributed by atoms with Crippen molar-refractivity contribution in [2.75, 3.05) is 13.7 Å². The molecule has 0 saturated heterocycles. The summed E-state index contributed by atoms with van der Waals surface area (Å²) in [5.41, 5.74) is 4.93. The van der Waals surface area contributed by atoms with Gasteiger partial charge in [0.25, 0.3) is 0 Å². The molecule has 0 fully saturated rings. The van der Waals surface area contributed by atoms with Gasteiger partial charge in [0.1, 0.15) is 5.75 Å². The van der Waals surface area contributed by atoms with Crippen molar-refractivity contribution in [1.29, 1.82) is 0 Å². The lowest BCUT2D eigenvalue weighted by Crippen LogP contribution is -2.31. The van der Waals surface area contributed by atoms with Crippen molar-refractivity contribution < 1.29 is 28.5 Å². The molecule has 0 saturated carbocycles. The number of aromatic carboxylic acids is 1. The number of aryl methyl sites for hydroxylation is 1. The fourth-order valence-electron chi connectivity index (χ4n) is 4.06. The zero-order valence-electron chi connectivity index (χ0n) is 17.9. The summed E-state index contributed by atoms with van der Waals surface area (Å²) >= 11 is 0. The van der Waals surface area contributed by atoms with E-state index in [1.54, 1.807) is 19.2 Å². The maximum absolute atomic E-state index is 11.2. The van der Waals surface area contributed by atoms with Crippen LogP contribution in [0.3, 0.4) is 0 Å². The summed E-state index contributed by atoms with van der Waals surface area (Å²) in [7, 11) is 1.72. The summed E-state index contributed by atoms with van der Waals surface area (Å²) in [6.07, 6.45) is 7.26. The number of halogens is 2. The van der Waals surface area contributed by atoms with E-state index in [0.29, 0.717) is 5.56 Å². The summed E-state index contributed by atoms with van der Waals surface area (Å²) in [5, 5.41) is 17.1. The van der Waals surface area contributed by atoms with Gasteiger partial charge in [-0.2, -0.15) is 8.78 Å². The molecule has 0 amide bonds. The second-order valence-electron chi connectivity index (χ2n) is 7.50. The minimum Gasteiger partial charge on any atom is -0.496 e. The van der Waals surface area contributed by atoms with Gasteiger partial charge in [0.2, 0.25) is 0 Å². The number of carboxylic acids is 1. The van der Waals surface area contributed by atoms with Crippen LogP contribution in [0, 0.1) is 6.92 Å². The second-order valence-corrected chi connectivity index (χ2v) is 7.50. The number of nitrogens with one attached hydrogen (secondary N) is 1. The Morgan fingerprint density at radius 3 is 2.56 bits per heavy atom. The van der Waals surface area contributed by atoms with Gasteiger partial charge in [0.15, 0.2) is 0 Å². The quantitative estimate of drug-likeness (QED) is 0.488. The highest BCUT2D eigenvalue weighted by Crippen LogP contribution is 2.35. The van der Waals surface area contributed by atoms with Gasteiger partial charge in [-0.05, 0) is 48.7 Å². The van der Waals surface area contributed by atoms with Crippen molar-refractivity contribution in [3.63, 3.8) is 0 Å². The van der Waals surface area contributed by atoms with E-state index in [4.69, 9.17) is 14.9 Å². The number of aliphatic hydroxyl groups excluding tert-OH is 1. The van der Waals surface area contributed by atoms with Gasteiger partial charge in [-0.3, -0.25) is 4.90 Å². The molecular weight excluding hydrogens is 418 g/mol. The number of benzene rings is 2. The average molecular weight is 444 g/mol. The number of fused-ring (bicyclic) bond motifs is 1. The fraction of sp³-hybridized carbons (Fsp3) is 0.292. The number of rotatable bonds is 5. The monoisotopic (exact) mass is 444 g/mol. The lowest BCUT2D eigenvalue weighted by molar-refractivity contribution is -0.0728. The smallest absolute Gasteiger partial charge is 0.342 e. The van der Waals surface area contributed by atoms with Crippen LogP contribution in [0.15, 0.2) is 54.7 Å². The molecule has 1 unspecified atom stereocenters. The topological polar surface area (TPSA) is 85.8 Å². The number of hydrogen-bond acceptors (Lipinski definition) is 4. The van der Waals surface area contributed by atoms with Crippen molar-refractivity contribution in [3.8, 4) is 5.75 Å². The predicted octanol–water partition coefficient (Wildman–Crippen LogP) is 4.89. The van der Waals surface area contributed by atoms with E-state index in [1.165, 1.54) is 16.5 Å².